The standard InChI is InChI=1S/C12H24ClNO/c1-9(2)7-14(8-10(3)4)12(15)11(5)6-13/h9-11H,6-8H2,1-5H3. The predicted molar refractivity (Wildman–Crippen MR) is 66.1 cm³/mol. The molecular formula is C12H24ClNO. The molecule has 0 heterocycles. The molecule has 90 valence electrons. The molecule has 1 atom stereocenters. The molecule has 0 N–H and O–H groups in total. The van der Waals surface area contributed by atoms with Crippen molar-refractivity contribution in [2.75, 3.05) is 19.0 Å². The monoisotopic (exact) mass is 233 g/mol. The first-order chi connectivity index (χ1) is 6.88. The molecule has 0 bridgehead atoms. The van der Waals surface area contributed by atoms with Crippen molar-refractivity contribution in [3.8, 4) is 0 Å². The molecule has 15 heavy (non-hydrogen) atoms. The summed E-state index contributed by atoms with van der Waals surface area (Å²) in [5.74, 6) is 1.55. The summed E-state index contributed by atoms with van der Waals surface area (Å²) in [4.78, 5) is 13.9. The third-order valence-corrected chi connectivity index (χ3v) is 2.60. The van der Waals surface area contributed by atoms with Crippen LogP contribution in [-0.4, -0.2) is 29.8 Å². The first-order valence-corrected chi connectivity index (χ1v) is 6.26. The van der Waals surface area contributed by atoms with Gasteiger partial charge in [0.2, 0.25) is 5.91 Å². The van der Waals surface area contributed by atoms with Crippen molar-refractivity contribution in [2.24, 2.45) is 17.8 Å². The van der Waals surface area contributed by atoms with E-state index in [2.05, 4.69) is 27.7 Å². The topological polar surface area (TPSA) is 20.3 Å². The lowest BCUT2D eigenvalue weighted by molar-refractivity contribution is -0.135. The van der Waals surface area contributed by atoms with E-state index in [-0.39, 0.29) is 11.8 Å². The Bertz CT molecular complexity index is 182. The fourth-order valence-corrected chi connectivity index (χ4v) is 1.65. The summed E-state index contributed by atoms with van der Waals surface area (Å²) in [6, 6.07) is 0. The van der Waals surface area contributed by atoms with Gasteiger partial charge in [-0.1, -0.05) is 34.6 Å². The minimum Gasteiger partial charge on any atom is -0.342 e. The number of nitrogens with zero attached hydrogens (tertiary/aromatic N) is 1. The maximum absolute atomic E-state index is 12.0. The number of hydrogen-bond acceptors (Lipinski definition) is 1. The van der Waals surface area contributed by atoms with Crippen LogP contribution in [0, 0.1) is 17.8 Å². The van der Waals surface area contributed by atoms with Crippen LogP contribution in [0.4, 0.5) is 0 Å². The quantitative estimate of drug-likeness (QED) is 0.646. The minimum atomic E-state index is -0.0656. The van der Waals surface area contributed by atoms with Crippen molar-refractivity contribution >= 4 is 17.5 Å². The van der Waals surface area contributed by atoms with Crippen LogP contribution >= 0.6 is 11.6 Å². The lowest BCUT2D eigenvalue weighted by Crippen LogP contribution is -2.40. The van der Waals surface area contributed by atoms with E-state index >= 15 is 0 Å². The molecule has 3 heteroatoms. The van der Waals surface area contributed by atoms with Crippen molar-refractivity contribution in [3.05, 3.63) is 0 Å². The molecule has 0 spiro atoms. The molecule has 0 aromatic heterocycles. The summed E-state index contributed by atoms with van der Waals surface area (Å²) in [5.41, 5.74) is 0. The molecule has 0 rings (SSSR count). The van der Waals surface area contributed by atoms with E-state index in [0.717, 1.165) is 13.1 Å². The van der Waals surface area contributed by atoms with Crippen molar-refractivity contribution < 1.29 is 4.79 Å². The average molecular weight is 234 g/mol. The van der Waals surface area contributed by atoms with E-state index in [1.165, 1.54) is 0 Å². The minimum absolute atomic E-state index is 0.0656. The van der Waals surface area contributed by atoms with E-state index < -0.39 is 0 Å². The van der Waals surface area contributed by atoms with Crippen molar-refractivity contribution in [3.63, 3.8) is 0 Å². The highest BCUT2D eigenvalue weighted by Gasteiger charge is 2.20. The average Bonchev–Trinajstić information content (AvgIpc) is 2.13. The maximum atomic E-state index is 12.0. The number of amides is 1. The van der Waals surface area contributed by atoms with Crippen LogP contribution < -0.4 is 0 Å². The Labute approximate surface area is 99.0 Å². The molecule has 1 unspecified atom stereocenters. The van der Waals surface area contributed by atoms with E-state index in [9.17, 15) is 4.79 Å². The molecule has 0 aromatic rings. The highest BCUT2D eigenvalue weighted by Crippen LogP contribution is 2.10. The lowest BCUT2D eigenvalue weighted by atomic mass is 10.1. The summed E-state index contributed by atoms with van der Waals surface area (Å²) >= 11 is 5.72. The number of halogens is 1. The van der Waals surface area contributed by atoms with Gasteiger partial charge in [-0.15, -0.1) is 11.6 Å². The van der Waals surface area contributed by atoms with Crippen LogP contribution in [0.15, 0.2) is 0 Å². The lowest BCUT2D eigenvalue weighted by Gasteiger charge is -2.28. The molecule has 2 nitrogen and oxygen atoms in total. The second-order valence-electron chi connectivity index (χ2n) is 5.09. The van der Waals surface area contributed by atoms with Crippen LogP contribution in [0.2, 0.25) is 0 Å². The van der Waals surface area contributed by atoms with Crippen LogP contribution in [0.25, 0.3) is 0 Å². The predicted octanol–water partition coefficient (Wildman–Crippen LogP) is 3.00. The first kappa shape index (κ1) is 14.8. The summed E-state index contributed by atoms with van der Waals surface area (Å²) in [7, 11) is 0. The Morgan fingerprint density at radius 1 is 1.07 bits per heavy atom. The summed E-state index contributed by atoms with van der Waals surface area (Å²) in [6.07, 6.45) is 0. The van der Waals surface area contributed by atoms with Gasteiger partial charge in [-0.3, -0.25) is 4.79 Å². The fraction of sp³-hybridized carbons (Fsp3) is 0.917. The van der Waals surface area contributed by atoms with Crippen molar-refractivity contribution in [2.45, 2.75) is 34.6 Å². The molecule has 0 aliphatic carbocycles. The molecular weight excluding hydrogens is 210 g/mol. The van der Waals surface area contributed by atoms with Gasteiger partial charge < -0.3 is 4.90 Å². The van der Waals surface area contributed by atoms with Gasteiger partial charge in [0.1, 0.15) is 0 Å². The van der Waals surface area contributed by atoms with Gasteiger partial charge in [0, 0.05) is 24.9 Å². The SMILES string of the molecule is CC(C)CN(CC(C)C)C(=O)C(C)CCl. The Hall–Kier alpha value is -0.240. The van der Waals surface area contributed by atoms with Crippen molar-refractivity contribution in [1.82, 2.24) is 4.90 Å². The number of hydrogen-bond donors (Lipinski definition) is 0. The molecule has 1 amide bonds. The second-order valence-corrected chi connectivity index (χ2v) is 5.39. The Kier molecular flexibility index (Phi) is 6.99. The number of carbonyl (C=O) groups is 1. The number of carbonyl (C=O) groups excluding carboxylic acids is 1. The van der Waals surface area contributed by atoms with E-state index in [1.54, 1.807) is 0 Å². The highest BCUT2D eigenvalue weighted by atomic mass is 35.5. The molecule has 0 aliphatic rings. The van der Waals surface area contributed by atoms with Gasteiger partial charge in [-0.2, -0.15) is 0 Å². The van der Waals surface area contributed by atoms with Gasteiger partial charge in [0.25, 0.3) is 0 Å². The van der Waals surface area contributed by atoms with Crippen LogP contribution in [0.5, 0.6) is 0 Å². The largest absolute Gasteiger partial charge is 0.342 e. The summed E-state index contributed by atoms with van der Waals surface area (Å²) in [6.45, 7) is 12.1. The smallest absolute Gasteiger partial charge is 0.226 e. The van der Waals surface area contributed by atoms with Gasteiger partial charge in [-0.05, 0) is 11.8 Å². The zero-order valence-corrected chi connectivity index (χ0v) is 11.3. The second kappa shape index (κ2) is 7.10. The van der Waals surface area contributed by atoms with Crippen molar-refractivity contribution in [1.29, 1.82) is 0 Å². The number of alkyl halides is 1. The van der Waals surface area contributed by atoms with Gasteiger partial charge in [0.05, 0.1) is 0 Å². The van der Waals surface area contributed by atoms with E-state index in [0.29, 0.717) is 17.7 Å². The molecule has 0 aromatic carbocycles. The highest BCUT2D eigenvalue weighted by molar-refractivity contribution is 6.19. The van der Waals surface area contributed by atoms with Gasteiger partial charge in [0.15, 0.2) is 0 Å². The van der Waals surface area contributed by atoms with Gasteiger partial charge in [-0.25, -0.2) is 0 Å². The third kappa shape index (κ3) is 6.03. The maximum Gasteiger partial charge on any atom is 0.226 e. The third-order valence-electron chi connectivity index (χ3n) is 2.14. The first-order valence-electron chi connectivity index (χ1n) is 5.73. The van der Waals surface area contributed by atoms with Crippen LogP contribution in [0.3, 0.4) is 0 Å². The zero-order chi connectivity index (χ0) is 12.0. The fourth-order valence-electron chi connectivity index (χ4n) is 1.51. The summed E-state index contributed by atoms with van der Waals surface area (Å²) in [5, 5.41) is 0. The summed E-state index contributed by atoms with van der Waals surface area (Å²) < 4.78 is 0. The van der Waals surface area contributed by atoms with E-state index in [1.807, 2.05) is 11.8 Å². The van der Waals surface area contributed by atoms with E-state index in [4.69, 9.17) is 11.6 Å². The molecule has 0 aliphatic heterocycles. The van der Waals surface area contributed by atoms with Gasteiger partial charge >= 0.3 is 0 Å². The Balaban J connectivity index is 4.40. The van der Waals surface area contributed by atoms with Crippen LogP contribution in [-0.2, 0) is 4.79 Å². The molecule has 0 saturated heterocycles. The molecule has 0 saturated carbocycles. The number of rotatable bonds is 6. The molecule has 0 fully saturated rings. The zero-order valence-electron chi connectivity index (χ0n) is 10.6. The Morgan fingerprint density at radius 3 is 1.73 bits per heavy atom. The molecule has 0 radical (unpaired) electrons. The Morgan fingerprint density at radius 2 is 1.47 bits per heavy atom. The normalized spacial score (nSPS) is 13.3. The van der Waals surface area contributed by atoms with Crippen LogP contribution in [0.1, 0.15) is 34.6 Å².